The smallest absolute Gasteiger partial charge is 0.404 e. The summed E-state index contributed by atoms with van der Waals surface area (Å²) in [5, 5.41) is 10.5. The molecule has 0 aliphatic rings. The first-order valence-corrected chi connectivity index (χ1v) is 4.91. The normalized spacial score (nSPS) is 9.50. The molecule has 0 atom stereocenters. The number of ether oxygens (including phenoxy) is 1. The third-order valence-corrected chi connectivity index (χ3v) is 1.81. The van der Waals surface area contributed by atoms with Crippen LogP contribution in [0.25, 0.3) is 0 Å². The molecule has 0 unspecified atom stereocenters. The molecule has 1 aromatic rings. The highest BCUT2D eigenvalue weighted by molar-refractivity contribution is 5.72. The minimum Gasteiger partial charge on any atom is -0.465 e. The van der Waals surface area contributed by atoms with Crippen molar-refractivity contribution in [3.05, 3.63) is 30.3 Å². The number of carboxylic acid groups (broad SMARTS) is 1. The van der Waals surface area contributed by atoms with E-state index in [1.54, 1.807) is 24.3 Å². The summed E-state index contributed by atoms with van der Waals surface area (Å²) in [5.74, 6) is 0.136. The van der Waals surface area contributed by atoms with Crippen molar-refractivity contribution in [1.82, 2.24) is 5.32 Å². The number of hydrogen-bond donors (Lipinski definition) is 2. The molecule has 0 aliphatic carbocycles. The summed E-state index contributed by atoms with van der Waals surface area (Å²) in [7, 11) is 0. The molecule has 2 N–H and O–H groups in total. The second kappa shape index (κ2) is 6.44. The van der Waals surface area contributed by atoms with Crippen molar-refractivity contribution in [2.45, 2.75) is 12.8 Å². The molecule has 16 heavy (non-hydrogen) atoms. The Kier molecular flexibility index (Phi) is 4.85. The molecule has 5 nitrogen and oxygen atoms in total. The Balaban J connectivity index is 2.19. The monoisotopic (exact) mass is 223 g/mol. The van der Waals surface area contributed by atoms with Gasteiger partial charge < -0.3 is 15.2 Å². The summed E-state index contributed by atoms with van der Waals surface area (Å²) in [6.45, 7) is 0.249. The average molecular weight is 223 g/mol. The average Bonchev–Trinajstić information content (AvgIpc) is 2.25. The van der Waals surface area contributed by atoms with E-state index in [2.05, 4.69) is 5.32 Å². The maximum atomic E-state index is 11.3. The van der Waals surface area contributed by atoms with E-state index < -0.39 is 6.09 Å². The van der Waals surface area contributed by atoms with E-state index in [1.807, 2.05) is 6.07 Å². The van der Waals surface area contributed by atoms with Crippen LogP contribution in [-0.4, -0.2) is 23.7 Å². The van der Waals surface area contributed by atoms with Gasteiger partial charge >= 0.3 is 12.1 Å². The third kappa shape index (κ3) is 4.99. The van der Waals surface area contributed by atoms with E-state index >= 15 is 0 Å². The van der Waals surface area contributed by atoms with Gasteiger partial charge in [0, 0.05) is 13.0 Å². The standard InChI is InChI=1S/C11H13NO4/c13-10(7-4-8-12-11(14)15)16-9-5-2-1-3-6-9/h1-3,5-6,12H,4,7-8H2,(H,14,15). The zero-order valence-corrected chi connectivity index (χ0v) is 8.68. The fourth-order valence-electron chi connectivity index (χ4n) is 1.10. The summed E-state index contributed by atoms with van der Waals surface area (Å²) < 4.78 is 5.01. The molecule has 0 saturated heterocycles. The van der Waals surface area contributed by atoms with Crippen molar-refractivity contribution < 1.29 is 19.4 Å². The van der Waals surface area contributed by atoms with Crippen LogP contribution in [0.2, 0.25) is 0 Å². The molecule has 1 amide bonds. The van der Waals surface area contributed by atoms with Gasteiger partial charge in [-0.25, -0.2) is 4.79 Å². The SMILES string of the molecule is O=C(O)NCCCC(=O)Oc1ccccc1. The Morgan fingerprint density at radius 1 is 1.25 bits per heavy atom. The Labute approximate surface area is 93.0 Å². The van der Waals surface area contributed by atoms with E-state index in [1.165, 1.54) is 0 Å². The number of carbonyl (C=O) groups excluding carboxylic acids is 1. The van der Waals surface area contributed by atoms with Gasteiger partial charge in [0.15, 0.2) is 0 Å². The van der Waals surface area contributed by atoms with Gasteiger partial charge in [-0.3, -0.25) is 4.79 Å². The lowest BCUT2D eigenvalue weighted by Gasteiger charge is -2.03. The first-order chi connectivity index (χ1) is 7.68. The first kappa shape index (κ1) is 12.0. The molecule has 0 radical (unpaired) electrons. The van der Waals surface area contributed by atoms with Gasteiger partial charge in [0.1, 0.15) is 5.75 Å². The third-order valence-electron chi connectivity index (χ3n) is 1.81. The summed E-state index contributed by atoms with van der Waals surface area (Å²) in [5.41, 5.74) is 0. The Hall–Kier alpha value is -2.04. The highest BCUT2D eigenvalue weighted by Crippen LogP contribution is 2.09. The molecule has 0 aromatic heterocycles. The van der Waals surface area contributed by atoms with Gasteiger partial charge in [0.25, 0.3) is 0 Å². The summed E-state index contributed by atoms with van der Waals surface area (Å²) in [4.78, 5) is 21.4. The molecule has 0 bridgehead atoms. The molecule has 0 saturated carbocycles. The second-order valence-corrected chi connectivity index (χ2v) is 3.12. The van der Waals surface area contributed by atoms with Crippen LogP contribution in [0.1, 0.15) is 12.8 Å². The molecule has 0 heterocycles. The fourth-order valence-corrected chi connectivity index (χ4v) is 1.10. The van der Waals surface area contributed by atoms with Crippen LogP contribution in [0.4, 0.5) is 4.79 Å². The predicted octanol–water partition coefficient (Wildman–Crippen LogP) is 1.64. The number of carbonyl (C=O) groups is 2. The lowest BCUT2D eigenvalue weighted by Crippen LogP contribution is -2.22. The molecule has 0 aliphatic heterocycles. The zero-order valence-electron chi connectivity index (χ0n) is 8.68. The number of benzene rings is 1. The minimum atomic E-state index is -1.09. The van der Waals surface area contributed by atoms with Crippen molar-refractivity contribution >= 4 is 12.1 Å². The van der Waals surface area contributed by atoms with Gasteiger partial charge in [-0.2, -0.15) is 0 Å². The van der Waals surface area contributed by atoms with Gasteiger partial charge in [0.2, 0.25) is 0 Å². The predicted molar refractivity (Wildman–Crippen MR) is 57.3 cm³/mol. The molecule has 86 valence electrons. The van der Waals surface area contributed by atoms with Crippen molar-refractivity contribution in [2.24, 2.45) is 0 Å². The van der Waals surface area contributed by atoms with E-state index in [4.69, 9.17) is 9.84 Å². The maximum Gasteiger partial charge on any atom is 0.404 e. The minimum absolute atomic E-state index is 0.190. The summed E-state index contributed by atoms with van der Waals surface area (Å²) >= 11 is 0. The molecule has 1 rings (SSSR count). The zero-order chi connectivity index (χ0) is 11.8. The van der Waals surface area contributed by atoms with Crippen LogP contribution in [0, 0.1) is 0 Å². The van der Waals surface area contributed by atoms with E-state index in [0.29, 0.717) is 12.2 Å². The molecule has 0 fully saturated rings. The quantitative estimate of drug-likeness (QED) is 0.452. The maximum absolute atomic E-state index is 11.3. The number of esters is 1. The Morgan fingerprint density at radius 2 is 1.94 bits per heavy atom. The lowest BCUT2D eigenvalue weighted by molar-refractivity contribution is -0.134. The largest absolute Gasteiger partial charge is 0.465 e. The Morgan fingerprint density at radius 3 is 2.56 bits per heavy atom. The number of hydrogen-bond acceptors (Lipinski definition) is 3. The van der Waals surface area contributed by atoms with E-state index in [0.717, 1.165) is 0 Å². The highest BCUT2D eigenvalue weighted by atomic mass is 16.5. The summed E-state index contributed by atoms with van der Waals surface area (Å²) in [6.07, 6.45) is -0.468. The van der Waals surface area contributed by atoms with Gasteiger partial charge in [-0.15, -0.1) is 0 Å². The van der Waals surface area contributed by atoms with Crippen LogP contribution in [0.15, 0.2) is 30.3 Å². The van der Waals surface area contributed by atoms with Crippen LogP contribution >= 0.6 is 0 Å². The van der Waals surface area contributed by atoms with E-state index in [-0.39, 0.29) is 18.9 Å². The van der Waals surface area contributed by atoms with Crippen molar-refractivity contribution in [2.75, 3.05) is 6.54 Å². The number of amides is 1. The van der Waals surface area contributed by atoms with Crippen LogP contribution in [-0.2, 0) is 4.79 Å². The molecular weight excluding hydrogens is 210 g/mol. The van der Waals surface area contributed by atoms with Crippen LogP contribution < -0.4 is 10.1 Å². The van der Waals surface area contributed by atoms with Crippen molar-refractivity contribution in [3.8, 4) is 5.75 Å². The van der Waals surface area contributed by atoms with Gasteiger partial charge in [0.05, 0.1) is 0 Å². The lowest BCUT2D eigenvalue weighted by atomic mass is 10.3. The summed E-state index contributed by atoms with van der Waals surface area (Å²) in [6, 6.07) is 8.75. The number of para-hydroxylation sites is 1. The van der Waals surface area contributed by atoms with E-state index in [9.17, 15) is 9.59 Å². The molecular formula is C11H13NO4. The van der Waals surface area contributed by atoms with Crippen molar-refractivity contribution in [1.29, 1.82) is 0 Å². The van der Waals surface area contributed by atoms with Crippen molar-refractivity contribution in [3.63, 3.8) is 0 Å². The molecule has 1 aromatic carbocycles. The highest BCUT2D eigenvalue weighted by Gasteiger charge is 2.04. The number of nitrogens with one attached hydrogen (secondary N) is 1. The fraction of sp³-hybridized carbons (Fsp3) is 0.273. The first-order valence-electron chi connectivity index (χ1n) is 4.91. The molecule has 5 heteroatoms. The second-order valence-electron chi connectivity index (χ2n) is 3.12. The Bertz CT molecular complexity index is 350. The van der Waals surface area contributed by atoms with Crippen LogP contribution in [0.5, 0.6) is 5.75 Å². The van der Waals surface area contributed by atoms with Crippen LogP contribution in [0.3, 0.4) is 0 Å². The van der Waals surface area contributed by atoms with Gasteiger partial charge in [-0.1, -0.05) is 18.2 Å². The topological polar surface area (TPSA) is 75.6 Å². The molecule has 0 spiro atoms. The number of rotatable bonds is 5. The van der Waals surface area contributed by atoms with Gasteiger partial charge in [-0.05, 0) is 18.6 Å².